The van der Waals surface area contributed by atoms with Crippen molar-refractivity contribution in [1.82, 2.24) is 10.0 Å². The average Bonchev–Trinajstić information content (AvgIpc) is 3.03. The summed E-state index contributed by atoms with van der Waals surface area (Å²) < 4.78 is 10.8. The Balaban J connectivity index is 2.00. The second-order valence-corrected chi connectivity index (χ2v) is 12.3. The molecule has 0 spiro atoms. The number of quaternary nitrogens is 1. The van der Waals surface area contributed by atoms with Gasteiger partial charge in [0.1, 0.15) is 18.4 Å². The van der Waals surface area contributed by atoms with E-state index in [1.54, 1.807) is 18.2 Å². The van der Waals surface area contributed by atoms with E-state index in [4.69, 9.17) is 21.1 Å². The minimum Gasteiger partial charge on any atom is -0.481 e. The molecule has 1 amide bonds. The van der Waals surface area contributed by atoms with Crippen LogP contribution in [0.1, 0.15) is 51.3 Å². The number of fused-ring (bicyclic) bond motifs is 2. The number of carbonyl (C=O) groups is 4. The maximum atomic E-state index is 14.4. The first-order chi connectivity index (χ1) is 19.8. The van der Waals surface area contributed by atoms with E-state index in [-0.39, 0.29) is 13.2 Å². The summed E-state index contributed by atoms with van der Waals surface area (Å²) in [6.07, 6.45) is -1.33. The number of Topliss-reactive ketones (excluding diaryl/α,β-unsaturated/α-hetero) is 1. The number of nitrogens with zero attached hydrogens (tertiary/aromatic N) is 1. The van der Waals surface area contributed by atoms with E-state index < -0.39 is 58.1 Å². The smallest absolute Gasteiger partial charge is 0.363 e. The Morgan fingerprint density at radius 2 is 1.79 bits per heavy atom. The van der Waals surface area contributed by atoms with Crippen LogP contribution in [0.15, 0.2) is 60.7 Å². The van der Waals surface area contributed by atoms with Crippen molar-refractivity contribution >= 4 is 51.7 Å². The van der Waals surface area contributed by atoms with E-state index in [0.29, 0.717) is 16.3 Å². The van der Waals surface area contributed by atoms with Gasteiger partial charge < -0.3 is 14.6 Å². The molecule has 3 aromatic rings. The van der Waals surface area contributed by atoms with Crippen molar-refractivity contribution in [3.05, 3.63) is 76.8 Å². The van der Waals surface area contributed by atoms with Gasteiger partial charge in [-0.3, -0.25) is 14.4 Å². The average molecular weight is 596 g/mol. The van der Waals surface area contributed by atoms with Crippen molar-refractivity contribution in [2.45, 2.75) is 46.3 Å². The molecule has 2 N–H and O–H groups in total. The number of benzene rings is 3. The van der Waals surface area contributed by atoms with Crippen LogP contribution in [0, 0.1) is 11.3 Å². The van der Waals surface area contributed by atoms with Crippen molar-refractivity contribution in [2.75, 3.05) is 20.3 Å². The summed E-state index contributed by atoms with van der Waals surface area (Å²) in [5.74, 6) is -4.38. The number of carbonyl (C=O) groups excluding carboxylic acids is 3. The molecule has 3 aromatic carbocycles. The van der Waals surface area contributed by atoms with E-state index in [1.807, 2.05) is 63.2 Å². The lowest BCUT2D eigenvalue weighted by Crippen LogP contribution is -2.72. The van der Waals surface area contributed by atoms with Crippen LogP contribution in [0.4, 0.5) is 5.69 Å². The molecule has 0 saturated carbocycles. The van der Waals surface area contributed by atoms with Gasteiger partial charge in [0.25, 0.3) is 0 Å². The number of ketones is 1. The zero-order chi connectivity index (χ0) is 30.8. The molecule has 1 aliphatic rings. The predicted molar refractivity (Wildman–Crippen MR) is 160 cm³/mol. The zero-order valence-electron chi connectivity index (χ0n) is 24.3. The van der Waals surface area contributed by atoms with Crippen molar-refractivity contribution < 1.29 is 33.8 Å². The molecular weight excluding hydrogens is 560 g/mol. The van der Waals surface area contributed by atoms with Crippen LogP contribution >= 0.6 is 11.6 Å². The third-order valence-corrected chi connectivity index (χ3v) is 7.67. The molecule has 9 nitrogen and oxygen atoms in total. The van der Waals surface area contributed by atoms with Crippen LogP contribution in [0.2, 0.25) is 5.02 Å². The molecule has 0 saturated heterocycles. The Hall–Kier alpha value is -3.63. The van der Waals surface area contributed by atoms with E-state index in [1.165, 1.54) is 6.92 Å². The lowest BCUT2D eigenvalue weighted by Gasteiger charge is -2.41. The summed E-state index contributed by atoms with van der Waals surface area (Å²) >= 11 is 6.54. The van der Waals surface area contributed by atoms with Crippen molar-refractivity contribution in [2.24, 2.45) is 11.3 Å². The molecule has 0 aromatic heterocycles. The van der Waals surface area contributed by atoms with Gasteiger partial charge in [0, 0.05) is 16.5 Å². The van der Waals surface area contributed by atoms with Crippen LogP contribution in [0.3, 0.4) is 0 Å². The summed E-state index contributed by atoms with van der Waals surface area (Å²) in [7, 11) is 1.15. The molecular formula is C32H36ClN2O7+. The van der Waals surface area contributed by atoms with Gasteiger partial charge in [0.15, 0.2) is 18.3 Å². The van der Waals surface area contributed by atoms with Gasteiger partial charge in [0.2, 0.25) is 0 Å². The molecule has 0 radical (unpaired) electrons. The third-order valence-electron chi connectivity index (χ3n) is 7.43. The first-order valence-corrected chi connectivity index (χ1v) is 14.0. The van der Waals surface area contributed by atoms with Crippen LogP contribution in [0.5, 0.6) is 0 Å². The van der Waals surface area contributed by atoms with Crippen molar-refractivity contribution in [3.63, 3.8) is 0 Å². The van der Waals surface area contributed by atoms with Gasteiger partial charge in [-0.2, -0.15) is 0 Å². The number of ether oxygens (including phenoxy) is 2. The first-order valence-electron chi connectivity index (χ1n) is 13.7. The highest BCUT2D eigenvalue weighted by atomic mass is 35.5. The van der Waals surface area contributed by atoms with Gasteiger partial charge in [-0.25, -0.2) is 4.79 Å². The van der Waals surface area contributed by atoms with E-state index in [2.05, 4.69) is 5.43 Å². The minimum atomic E-state index is -1.45. The van der Waals surface area contributed by atoms with Crippen LogP contribution < -0.4 is 10.0 Å². The van der Waals surface area contributed by atoms with Gasteiger partial charge in [-0.1, -0.05) is 74.8 Å². The van der Waals surface area contributed by atoms with E-state index in [9.17, 15) is 24.3 Å². The number of esters is 1. The normalized spacial score (nSPS) is 20.3. The zero-order valence-corrected chi connectivity index (χ0v) is 25.1. The van der Waals surface area contributed by atoms with Crippen LogP contribution in [-0.2, 0) is 28.7 Å². The Labute approximate surface area is 249 Å². The molecule has 0 bridgehead atoms. The fourth-order valence-corrected chi connectivity index (χ4v) is 5.92. The fourth-order valence-electron chi connectivity index (χ4n) is 5.74. The Morgan fingerprint density at radius 3 is 2.43 bits per heavy atom. The molecule has 1 heterocycles. The van der Waals surface area contributed by atoms with E-state index in [0.717, 1.165) is 23.4 Å². The van der Waals surface area contributed by atoms with Gasteiger partial charge >= 0.3 is 17.8 Å². The maximum Gasteiger partial charge on any atom is 0.363 e. The molecule has 4 atom stereocenters. The molecule has 1 unspecified atom stereocenters. The molecule has 0 aliphatic carbocycles. The van der Waals surface area contributed by atoms with Crippen molar-refractivity contribution in [3.8, 4) is 0 Å². The number of halogens is 1. The van der Waals surface area contributed by atoms with Gasteiger partial charge in [-0.15, -0.1) is 10.0 Å². The fraction of sp³-hybridized carbons (Fsp3) is 0.375. The molecule has 1 aliphatic heterocycles. The van der Waals surface area contributed by atoms with Gasteiger partial charge in [-0.05, 0) is 35.4 Å². The minimum absolute atomic E-state index is 0.136. The standard InChI is InChI=1S/C32H35ClN2O7/c1-19(36)24(16-28(38)39)29(31(40)41-5)34-35(18-32(2,3)4)26-14-13-21(33)15-25(26)30(42-17-27(35)37)23-12-8-10-20-9-6-7-11-22(20)23/h6-15,24,29-30,34H,16-18H2,1-5H3/p+1/t24?,29-,30+,35+/m0/s1. The summed E-state index contributed by atoms with van der Waals surface area (Å²) in [4.78, 5) is 52.1. The number of hydrogen-bond donors (Lipinski definition) is 2. The summed E-state index contributed by atoms with van der Waals surface area (Å²) in [5, 5.41) is 11.9. The highest BCUT2D eigenvalue weighted by molar-refractivity contribution is 6.30. The number of carboxylic acids is 1. The largest absolute Gasteiger partial charge is 0.481 e. The van der Waals surface area contributed by atoms with Crippen LogP contribution in [0.25, 0.3) is 10.8 Å². The first kappa shape index (κ1) is 31.3. The van der Waals surface area contributed by atoms with Crippen molar-refractivity contribution in [1.29, 1.82) is 0 Å². The Bertz CT molecular complexity index is 1530. The SMILES string of the molecule is COC(=O)[C@@H](N[N@@+]1(CC(C)(C)C)C(=O)CO[C@H](c2cccc3ccccc23)c2cc(Cl)ccc21)C(CC(=O)O)C(C)=O. The maximum absolute atomic E-state index is 14.4. The lowest BCUT2D eigenvalue weighted by molar-refractivity contribution is -0.154. The Morgan fingerprint density at radius 1 is 1.10 bits per heavy atom. The number of nitrogens with one attached hydrogen (secondary N) is 1. The summed E-state index contributed by atoms with van der Waals surface area (Å²) in [6.45, 7) is 6.84. The lowest BCUT2D eigenvalue weighted by atomic mass is 9.90. The predicted octanol–water partition coefficient (Wildman–Crippen LogP) is 5.22. The highest BCUT2D eigenvalue weighted by Crippen LogP contribution is 2.43. The molecule has 0 fully saturated rings. The number of methoxy groups -OCH3 is 1. The summed E-state index contributed by atoms with van der Waals surface area (Å²) in [6, 6.07) is 17.4. The van der Waals surface area contributed by atoms with Crippen LogP contribution in [-0.4, -0.2) is 55.0 Å². The summed E-state index contributed by atoms with van der Waals surface area (Å²) in [5.41, 5.74) is 4.55. The topological polar surface area (TPSA) is 119 Å². The number of amides is 1. The van der Waals surface area contributed by atoms with E-state index >= 15 is 0 Å². The number of aliphatic carboxylic acids is 1. The highest BCUT2D eigenvalue weighted by Gasteiger charge is 2.52. The molecule has 222 valence electrons. The number of carboxylic acid groups (broad SMARTS) is 1. The third kappa shape index (κ3) is 6.39. The molecule has 42 heavy (non-hydrogen) atoms. The second kappa shape index (κ2) is 12.3. The number of hydrogen-bond acceptors (Lipinski definition) is 7. The Kier molecular flexibility index (Phi) is 9.18. The quantitative estimate of drug-likeness (QED) is 0.255. The number of rotatable bonds is 9. The second-order valence-electron chi connectivity index (χ2n) is 11.8. The molecule has 4 rings (SSSR count). The monoisotopic (exact) mass is 595 g/mol. The molecule has 10 heteroatoms. The van der Waals surface area contributed by atoms with Gasteiger partial charge in [0.05, 0.1) is 25.0 Å².